The maximum Gasteiger partial charge on any atom is 0.343 e. The summed E-state index contributed by atoms with van der Waals surface area (Å²) in [6.07, 6.45) is 7.24. The molecule has 0 bridgehead atoms. The van der Waals surface area contributed by atoms with Gasteiger partial charge in [-0.15, -0.1) is 5.11 Å². The van der Waals surface area contributed by atoms with Gasteiger partial charge < -0.3 is 9.47 Å². The maximum absolute atomic E-state index is 13.0. The van der Waals surface area contributed by atoms with Crippen LogP contribution in [0, 0.1) is 5.82 Å². The van der Waals surface area contributed by atoms with E-state index in [0.717, 1.165) is 12.2 Å². The van der Waals surface area contributed by atoms with Crippen molar-refractivity contribution >= 4 is 28.9 Å². The number of carbonyl (C=O) groups excluding carboxylic acids is 1. The molecule has 0 unspecified atom stereocenters. The third-order valence-electron chi connectivity index (χ3n) is 5.09. The first-order chi connectivity index (χ1) is 16.5. The summed E-state index contributed by atoms with van der Waals surface area (Å²) in [5.74, 6) is 0.167. The van der Waals surface area contributed by atoms with Crippen LogP contribution in [0.3, 0.4) is 0 Å². The van der Waals surface area contributed by atoms with Crippen molar-refractivity contribution in [2.24, 2.45) is 10.2 Å². The lowest BCUT2D eigenvalue weighted by molar-refractivity contribution is 0.0734. The average molecular weight is 483 g/mol. The smallest absolute Gasteiger partial charge is 0.343 e. The number of halogens is 2. The van der Waals surface area contributed by atoms with Crippen LogP contribution >= 0.6 is 11.6 Å². The van der Waals surface area contributed by atoms with Gasteiger partial charge in [-0.25, -0.2) is 9.18 Å². The van der Waals surface area contributed by atoms with E-state index in [4.69, 9.17) is 21.1 Å². The maximum atomic E-state index is 13.0. The molecule has 0 saturated carbocycles. The van der Waals surface area contributed by atoms with Gasteiger partial charge in [0, 0.05) is 6.07 Å². The van der Waals surface area contributed by atoms with E-state index in [0.29, 0.717) is 29.3 Å². The summed E-state index contributed by atoms with van der Waals surface area (Å²) in [6, 6.07) is 17.2. The Bertz CT molecular complexity index is 1090. The van der Waals surface area contributed by atoms with Crippen molar-refractivity contribution in [2.75, 3.05) is 6.61 Å². The van der Waals surface area contributed by atoms with Crippen molar-refractivity contribution in [1.82, 2.24) is 0 Å². The number of rotatable bonds is 12. The highest BCUT2D eigenvalue weighted by Gasteiger charge is 2.11. The SMILES string of the molecule is CCCCCCCCOc1ccc(C(=O)Oc2ccc(N=Nc3ccc(F)cc3)c(Cl)c2)cc1. The molecule has 5 nitrogen and oxygen atoms in total. The molecule has 34 heavy (non-hydrogen) atoms. The number of ether oxygens (including phenoxy) is 2. The van der Waals surface area contributed by atoms with Gasteiger partial charge in [-0.2, -0.15) is 5.11 Å². The topological polar surface area (TPSA) is 60.2 Å². The molecule has 0 fully saturated rings. The predicted molar refractivity (Wildman–Crippen MR) is 132 cm³/mol. The molecule has 0 atom stereocenters. The van der Waals surface area contributed by atoms with Crippen molar-refractivity contribution in [3.63, 3.8) is 0 Å². The minimum absolute atomic E-state index is 0.273. The molecule has 3 aromatic rings. The fourth-order valence-corrected chi connectivity index (χ4v) is 3.39. The quantitative estimate of drug-likeness (QED) is 0.112. The summed E-state index contributed by atoms with van der Waals surface area (Å²) >= 11 is 6.25. The summed E-state index contributed by atoms with van der Waals surface area (Å²) in [6.45, 7) is 2.87. The lowest BCUT2D eigenvalue weighted by Crippen LogP contribution is -2.08. The predicted octanol–water partition coefficient (Wildman–Crippen LogP) is 8.85. The first-order valence-electron chi connectivity index (χ1n) is 11.5. The third kappa shape index (κ3) is 8.27. The second kappa shape index (κ2) is 13.5. The number of nitrogens with zero attached hydrogens (tertiary/aromatic N) is 2. The molecule has 0 heterocycles. The Morgan fingerprint density at radius 1 is 0.853 bits per heavy atom. The van der Waals surface area contributed by atoms with Crippen molar-refractivity contribution in [2.45, 2.75) is 45.4 Å². The Morgan fingerprint density at radius 2 is 1.53 bits per heavy atom. The largest absolute Gasteiger partial charge is 0.494 e. The zero-order chi connectivity index (χ0) is 24.2. The second-order valence-corrected chi connectivity index (χ2v) is 8.23. The van der Waals surface area contributed by atoms with Crippen LogP contribution in [0.5, 0.6) is 11.5 Å². The van der Waals surface area contributed by atoms with Crippen molar-refractivity contribution < 1.29 is 18.7 Å². The first-order valence-corrected chi connectivity index (χ1v) is 11.8. The van der Waals surface area contributed by atoms with E-state index >= 15 is 0 Å². The molecule has 3 aromatic carbocycles. The van der Waals surface area contributed by atoms with Crippen LogP contribution in [0.4, 0.5) is 15.8 Å². The van der Waals surface area contributed by atoms with Gasteiger partial charge in [0.1, 0.15) is 23.0 Å². The Hall–Kier alpha value is -3.25. The number of esters is 1. The zero-order valence-corrected chi connectivity index (χ0v) is 19.9. The number of hydrogen-bond donors (Lipinski definition) is 0. The molecule has 3 rings (SSSR count). The van der Waals surface area contributed by atoms with Crippen molar-refractivity contribution in [3.05, 3.63) is 83.1 Å². The molecule has 178 valence electrons. The van der Waals surface area contributed by atoms with Crippen molar-refractivity contribution in [1.29, 1.82) is 0 Å². The van der Waals surface area contributed by atoms with Gasteiger partial charge in [0.05, 0.1) is 22.9 Å². The molecule has 7 heteroatoms. The molecular formula is C27H28ClFN2O3. The Kier molecular flexibility index (Phi) is 10.0. The molecular weight excluding hydrogens is 455 g/mol. The van der Waals surface area contributed by atoms with Crippen LogP contribution in [0.1, 0.15) is 55.8 Å². The van der Waals surface area contributed by atoms with Crippen LogP contribution in [0.25, 0.3) is 0 Å². The summed E-state index contributed by atoms with van der Waals surface area (Å²) in [4.78, 5) is 12.5. The van der Waals surface area contributed by atoms with E-state index in [1.54, 1.807) is 36.4 Å². The van der Waals surface area contributed by atoms with Gasteiger partial charge in [0.15, 0.2) is 0 Å². The van der Waals surface area contributed by atoms with Crippen LogP contribution < -0.4 is 9.47 Å². The van der Waals surface area contributed by atoms with Gasteiger partial charge in [-0.3, -0.25) is 0 Å². The summed E-state index contributed by atoms with van der Waals surface area (Å²) in [5, 5.41) is 8.35. The lowest BCUT2D eigenvalue weighted by Gasteiger charge is -2.08. The summed E-state index contributed by atoms with van der Waals surface area (Å²) < 4.78 is 24.1. The Balaban J connectivity index is 1.49. The standard InChI is InChI=1S/C27H28ClFN2O3/c1-2-3-4-5-6-7-18-33-23-14-8-20(9-15-23)27(32)34-24-16-17-26(25(28)19-24)31-30-22-12-10-21(29)11-13-22/h8-17,19H,2-7,18H2,1H3. The number of benzene rings is 3. The molecule has 0 amide bonds. The monoisotopic (exact) mass is 482 g/mol. The number of hydrogen-bond acceptors (Lipinski definition) is 5. The minimum Gasteiger partial charge on any atom is -0.494 e. The molecule has 0 spiro atoms. The molecule has 0 saturated heterocycles. The molecule has 0 radical (unpaired) electrons. The highest BCUT2D eigenvalue weighted by atomic mass is 35.5. The van der Waals surface area contributed by atoms with E-state index in [1.165, 1.54) is 62.4 Å². The minimum atomic E-state index is -0.501. The van der Waals surface area contributed by atoms with E-state index in [2.05, 4.69) is 17.2 Å². The van der Waals surface area contributed by atoms with Gasteiger partial charge in [-0.1, -0.05) is 50.6 Å². The van der Waals surface area contributed by atoms with E-state index in [9.17, 15) is 9.18 Å². The fraction of sp³-hybridized carbons (Fsp3) is 0.296. The Morgan fingerprint density at radius 3 is 2.24 bits per heavy atom. The van der Waals surface area contributed by atoms with E-state index < -0.39 is 5.97 Å². The van der Waals surface area contributed by atoms with Crippen LogP contribution in [0.15, 0.2) is 77.0 Å². The van der Waals surface area contributed by atoms with Crippen LogP contribution in [-0.4, -0.2) is 12.6 Å². The van der Waals surface area contributed by atoms with Gasteiger partial charge >= 0.3 is 5.97 Å². The van der Waals surface area contributed by atoms with E-state index in [-0.39, 0.29) is 10.8 Å². The fourth-order valence-electron chi connectivity index (χ4n) is 3.18. The van der Waals surface area contributed by atoms with Gasteiger partial charge in [0.25, 0.3) is 0 Å². The van der Waals surface area contributed by atoms with Gasteiger partial charge in [-0.05, 0) is 67.1 Å². The number of azo groups is 1. The lowest BCUT2D eigenvalue weighted by atomic mass is 10.1. The molecule has 0 aliphatic carbocycles. The average Bonchev–Trinajstić information content (AvgIpc) is 2.84. The van der Waals surface area contributed by atoms with E-state index in [1.807, 2.05) is 0 Å². The highest BCUT2D eigenvalue weighted by molar-refractivity contribution is 6.33. The molecule has 0 N–H and O–H groups in total. The van der Waals surface area contributed by atoms with Crippen molar-refractivity contribution in [3.8, 4) is 11.5 Å². The van der Waals surface area contributed by atoms with Crippen LogP contribution in [0.2, 0.25) is 5.02 Å². The summed E-state index contributed by atoms with van der Waals surface area (Å²) in [7, 11) is 0. The number of unbranched alkanes of at least 4 members (excludes halogenated alkanes) is 5. The zero-order valence-electron chi connectivity index (χ0n) is 19.2. The second-order valence-electron chi connectivity index (χ2n) is 7.82. The molecule has 0 aliphatic rings. The van der Waals surface area contributed by atoms with Gasteiger partial charge in [0.2, 0.25) is 0 Å². The normalized spacial score (nSPS) is 11.0. The highest BCUT2D eigenvalue weighted by Crippen LogP contribution is 2.31. The summed E-state index contributed by atoms with van der Waals surface area (Å²) in [5.41, 5.74) is 1.30. The molecule has 0 aliphatic heterocycles. The Labute approximate surface area is 204 Å². The first kappa shape index (κ1) is 25.4. The number of carbonyl (C=O) groups is 1. The third-order valence-corrected chi connectivity index (χ3v) is 5.39. The molecule has 0 aromatic heterocycles. The van der Waals surface area contributed by atoms with Crippen LogP contribution in [-0.2, 0) is 0 Å².